The zero-order valence-electron chi connectivity index (χ0n) is 20.5. The Labute approximate surface area is 203 Å². The third kappa shape index (κ3) is 6.15. The van der Waals surface area contributed by atoms with Gasteiger partial charge in [-0.15, -0.1) is 0 Å². The molecule has 0 spiro atoms. The van der Waals surface area contributed by atoms with Crippen molar-refractivity contribution in [2.45, 2.75) is 24.8 Å². The van der Waals surface area contributed by atoms with Gasteiger partial charge in [-0.05, 0) is 30.8 Å². The van der Waals surface area contributed by atoms with Gasteiger partial charge in [0.2, 0.25) is 10.0 Å². The van der Waals surface area contributed by atoms with Gasteiger partial charge in [-0.1, -0.05) is 44.2 Å². The van der Waals surface area contributed by atoms with Crippen LogP contribution >= 0.6 is 0 Å². The fourth-order valence-electron chi connectivity index (χ4n) is 4.17. The number of benzene rings is 2. The number of piperazine rings is 1. The summed E-state index contributed by atoms with van der Waals surface area (Å²) in [7, 11) is -0.252. The molecule has 1 aliphatic rings. The number of carbonyl (C=O) groups is 1. The van der Waals surface area contributed by atoms with E-state index in [9.17, 15) is 13.2 Å². The lowest BCUT2D eigenvalue weighted by atomic mass is 10.0. The summed E-state index contributed by atoms with van der Waals surface area (Å²) < 4.78 is 33.0. The maximum atomic E-state index is 13.3. The lowest BCUT2D eigenvalue weighted by Gasteiger charge is -2.35. The predicted octanol–water partition coefficient (Wildman–Crippen LogP) is 2.44. The van der Waals surface area contributed by atoms with Crippen molar-refractivity contribution in [2.24, 2.45) is 0 Å². The molecule has 0 aliphatic carbocycles. The Morgan fingerprint density at radius 3 is 2.29 bits per heavy atom. The van der Waals surface area contributed by atoms with Gasteiger partial charge in [-0.2, -0.15) is 4.31 Å². The Morgan fingerprint density at radius 2 is 1.71 bits per heavy atom. The Hall–Kier alpha value is -2.46. The van der Waals surface area contributed by atoms with E-state index in [2.05, 4.69) is 22.2 Å². The first kappa shape index (κ1) is 26.2. The number of carbonyl (C=O) groups excluding carboxylic acids is 1. The van der Waals surface area contributed by atoms with Crippen LogP contribution in [0.5, 0.6) is 5.75 Å². The van der Waals surface area contributed by atoms with Crippen LogP contribution in [0.15, 0.2) is 53.4 Å². The van der Waals surface area contributed by atoms with E-state index in [1.807, 2.05) is 30.3 Å². The van der Waals surface area contributed by atoms with Gasteiger partial charge >= 0.3 is 0 Å². The van der Waals surface area contributed by atoms with Gasteiger partial charge in [-0.25, -0.2) is 8.42 Å². The van der Waals surface area contributed by atoms with Gasteiger partial charge in [0.1, 0.15) is 10.6 Å². The van der Waals surface area contributed by atoms with E-state index in [0.29, 0.717) is 19.6 Å². The molecular weight excluding hydrogens is 452 g/mol. The molecule has 1 fully saturated rings. The third-order valence-corrected chi connectivity index (χ3v) is 8.36. The molecule has 1 heterocycles. The number of ether oxygens (including phenoxy) is 1. The highest BCUT2D eigenvalue weighted by Crippen LogP contribution is 2.28. The van der Waals surface area contributed by atoms with Crippen LogP contribution in [0.3, 0.4) is 0 Å². The third-order valence-electron chi connectivity index (χ3n) is 6.29. The van der Waals surface area contributed by atoms with E-state index in [1.165, 1.54) is 17.5 Å². The fraction of sp³-hybridized carbons (Fsp3) is 0.480. The number of nitrogens with one attached hydrogen (secondary N) is 1. The molecule has 1 N–H and O–H groups in total. The van der Waals surface area contributed by atoms with E-state index in [-0.39, 0.29) is 28.2 Å². The van der Waals surface area contributed by atoms with Crippen LogP contribution in [0, 0.1) is 0 Å². The van der Waals surface area contributed by atoms with E-state index in [1.54, 1.807) is 26.0 Å². The molecule has 0 saturated carbocycles. The summed E-state index contributed by atoms with van der Waals surface area (Å²) in [6, 6.07) is 14.2. The first-order valence-corrected chi connectivity index (χ1v) is 13.2. The van der Waals surface area contributed by atoms with Gasteiger partial charge in [0, 0.05) is 51.4 Å². The number of methoxy groups -OCH3 is 1. The van der Waals surface area contributed by atoms with Gasteiger partial charge in [0.05, 0.1) is 13.2 Å². The zero-order valence-corrected chi connectivity index (χ0v) is 21.3. The average Bonchev–Trinajstić information content (AvgIpc) is 2.85. The number of hydrogen-bond acceptors (Lipinski definition) is 6. The second kappa shape index (κ2) is 11.8. The Kier molecular flexibility index (Phi) is 9.07. The zero-order chi connectivity index (χ0) is 24.7. The molecule has 1 amide bonds. The molecule has 34 heavy (non-hydrogen) atoms. The van der Waals surface area contributed by atoms with Crippen LogP contribution in [0.1, 0.15) is 35.8 Å². The summed E-state index contributed by atoms with van der Waals surface area (Å²) in [4.78, 5) is 18.0. The quantitative estimate of drug-likeness (QED) is 0.553. The van der Waals surface area contributed by atoms with Gasteiger partial charge in [0.25, 0.3) is 5.91 Å². The smallest absolute Gasteiger partial charge is 0.251 e. The van der Waals surface area contributed by atoms with Crippen LogP contribution in [0.4, 0.5) is 0 Å². The number of hydrogen-bond donors (Lipinski definition) is 1. The van der Waals surface area contributed by atoms with Crippen LogP contribution < -0.4 is 10.1 Å². The van der Waals surface area contributed by atoms with Gasteiger partial charge in [0.15, 0.2) is 0 Å². The topological polar surface area (TPSA) is 82.2 Å². The minimum atomic E-state index is -3.79. The Bertz CT molecular complexity index is 1050. The maximum absolute atomic E-state index is 13.3. The summed E-state index contributed by atoms with van der Waals surface area (Å²) in [5.41, 5.74) is 1.30. The fourth-order valence-corrected chi connectivity index (χ4v) is 5.81. The normalized spacial score (nSPS) is 16.4. The van der Waals surface area contributed by atoms with Crippen molar-refractivity contribution < 1.29 is 17.9 Å². The summed E-state index contributed by atoms with van der Waals surface area (Å²) in [5.74, 6) is -0.0953. The Morgan fingerprint density at radius 1 is 1.06 bits per heavy atom. The standard InChI is InChI=1S/C25H36N4O4S/c1-5-29(6-2)34(31,32)24-18-21(12-13-23(24)33-4)25(30)26-22(20-10-8-7-9-11-20)19-28-16-14-27(3)15-17-28/h7-13,18,22H,5-6,14-17,19H2,1-4H3,(H,26,30). The molecule has 2 aromatic rings. The molecule has 0 aromatic heterocycles. The van der Waals surface area contributed by atoms with E-state index >= 15 is 0 Å². The summed E-state index contributed by atoms with van der Waals surface area (Å²) in [6.07, 6.45) is 0. The van der Waals surface area contributed by atoms with Crippen molar-refractivity contribution in [1.29, 1.82) is 0 Å². The molecule has 0 radical (unpaired) electrons. The molecule has 9 heteroatoms. The molecule has 1 saturated heterocycles. The molecule has 3 rings (SSSR count). The van der Waals surface area contributed by atoms with Crippen molar-refractivity contribution in [1.82, 2.24) is 19.4 Å². The van der Waals surface area contributed by atoms with Crippen molar-refractivity contribution in [2.75, 3.05) is 60.0 Å². The number of nitrogens with zero attached hydrogens (tertiary/aromatic N) is 3. The lowest BCUT2D eigenvalue weighted by molar-refractivity contribution is 0.0907. The molecule has 1 unspecified atom stereocenters. The number of rotatable bonds is 10. The van der Waals surface area contributed by atoms with Crippen LogP contribution in [-0.2, 0) is 10.0 Å². The number of sulfonamides is 1. The molecule has 1 atom stereocenters. The minimum Gasteiger partial charge on any atom is -0.495 e. The second-order valence-electron chi connectivity index (χ2n) is 8.50. The number of amides is 1. The molecular formula is C25H36N4O4S. The first-order chi connectivity index (χ1) is 16.3. The highest BCUT2D eigenvalue weighted by atomic mass is 32.2. The Balaban J connectivity index is 1.87. The monoisotopic (exact) mass is 488 g/mol. The largest absolute Gasteiger partial charge is 0.495 e. The second-order valence-corrected chi connectivity index (χ2v) is 10.4. The molecule has 1 aliphatic heterocycles. The van der Waals surface area contributed by atoms with Crippen molar-refractivity contribution in [3.8, 4) is 5.75 Å². The molecule has 8 nitrogen and oxygen atoms in total. The van der Waals surface area contributed by atoms with Crippen molar-refractivity contribution in [3.05, 3.63) is 59.7 Å². The highest BCUT2D eigenvalue weighted by Gasteiger charge is 2.28. The minimum absolute atomic E-state index is 0.00155. The average molecular weight is 489 g/mol. The first-order valence-electron chi connectivity index (χ1n) is 11.7. The molecule has 186 valence electrons. The summed E-state index contributed by atoms with van der Waals surface area (Å²) in [5, 5.41) is 3.14. The summed E-state index contributed by atoms with van der Waals surface area (Å²) in [6.45, 7) is 8.76. The highest BCUT2D eigenvalue weighted by molar-refractivity contribution is 7.89. The van der Waals surface area contributed by atoms with Gasteiger partial charge < -0.3 is 15.0 Å². The molecule has 2 aromatic carbocycles. The maximum Gasteiger partial charge on any atom is 0.251 e. The van der Waals surface area contributed by atoms with Crippen LogP contribution in [0.2, 0.25) is 0 Å². The van der Waals surface area contributed by atoms with E-state index < -0.39 is 10.0 Å². The van der Waals surface area contributed by atoms with Crippen molar-refractivity contribution >= 4 is 15.9 Å². The van der Waals surface area contributed by atoms with Crippen LogP contribution in [-0.4, -0.2) is 88.4 Å². The molecule has 0 bridgehead atoms. The van der Waals surface area contributed by atoms with E-state index in [0.717, 1.165) is 31.7 Å². The predicted molar refractivity (Wildman–Crippen MR) is 134 cm³/mol. The lowest BCUT2D eigenvalue weighted by Crippen LogP contribution is -2.47. The van der Waals surface area contributed by atoms with E-state index in [4.69, 9.17) is 4.74 Å². The van der Waals surface area contributed by atoms with Crippen molar-refractivity contribution in [3.63, 3.8) is 0 Å². The SMILES string of the molecule is CCN(CC)S(=O)(=O)c1cc(C(=O)NC(CN2CCN(C)CC2)c2ccccc2)ccc1OC. The number of likely N-dealkylation sites (N-methyl/N-ethyl adjacent to an activating group) is 1. The summed E-state index contributed by atoms with van der Waals surface area (Å²) >= 11 is 0. The van der Waals surface area contributed by atoms with Gasteiger partial charge in [-0.3, -0.25) is 9.69 Å². The van der Waals surface area contributed by atoms with Crippen LogP contribution in [0.25, 0.3) is 0 Å².